The topological polar surface area (TPSA) is 109 Å². The Balaban J connectivity index is 1.50. The van der Waals surface area contributed by atoms with Gasteiger partial charge in [0.2, 0.25) is 10.0 Å². The van der Waals surface area contributed by atoms with Gasteiger partial charge in [-0.25, -0.2) is 13.1 Å². The van der Waals surface area contributed by atoms with Crippen LogP contribution in [0.4, 0.5) is 0 Å². The number of ether oxygens (including phenoxy) is 2. The second-order valence-corrected chi connectivity index (χ2v) is 9.51. The summed E-state index contributed by atoms with van der Waals surface area (Å²) in [6.45, 7) is 1.91. The Kier molecular flexibility index (Phi) is 6.63. The molecule has 1 saturated heterocycles. The minimum atomic E-state index is -3.71. The Morgan fingerprint density at radius 2 is 1.84 bits per heavy atom. The predicted octanol–water partition coefficient (Wildman–Crippen LogP) is 3.02. The van der Waals surface area contributed by atoms with Crippen molar-refractivity contribution in [3.63, 3.8) is 0 Å². The van der Waals surface area contributed by atoms with Gasteiger partial charge < -0.3 is 14.4 Å². The van der Waals surface area contributed by atoms with E-state index in [1.54, 1.807) is 0 Å². The molecule has 0 bridgehead atoms. The van der Waals surface area contributed by atoms with Crippen LogP contribution in [0.1, 0.15) is 47.6 Å². The summed E-state index contributed by atoms with van der Waals surface area (Å²) in [6, 6.07) is 13.6. The number of sulfonamides is 1. The second kappa shape index (κ2) is 9.59. The zero-order valence-corrected chi connectivity index (χ0v) is 18.4. The number of benzene rings is 2. The molecular weight excluding hydrogens is 430 g/mol. The van der Waals surface area contributed by atoms with E-state index in [2.05, 4.69) is 4.72 Å². The summed E-state index contributed by atoms with van der Waals surface area (Å²) in [6.07, 6.45) is 2.66. The number of hydrogen-bond donors (Lipinski definition) is 1. The number of fused-ring (bicyclic) bond motifs is 1. The van der Waals surface area contributed by atoms with Crippen molar-refractivity contribution in [3.8, 4) is 17.6 Å². The third kappa shape index (κ3) is 4.71. The highest BCUT2D eigenvalue weighted by molar-refractivity contribution is 7.89. The summed E-state index contributed by atoms with van der Waals surface area (Å²) in [5.74, 6) is 1.29. The van der Waals surface area contributed by atoms with Gasteiger partial charge in [0.15, 0.2) is 11.5 Å². The van der Waals surface area contributed by atoms with Gasteiger partial charge in [-0.3, -0.25) is 4.79 Å². The van der Waals surface area contributed by atoms with Crippen molar-refractivity contribution in [1.82, 2.24) is 9.62 Å². The largest absolute Gasteiger partial charge is 0.490 e. The molecule has 1 fully saturated rings. The average Bonchev–Trinajstić information content (AvgIpc) is 3.17. The van der Waals surface area contributed by atoms with Crippen LogP contribution in [0, 0.1) is 11.3 Å². The van der Waals surface area contributed by atoms with Gasteiger partial charge in [0.05, 0.1) is 30.2 Å². The predicted molar refractivity (Wildman–Crippen MR) is 117 cm³/mol. The van der Waals surface area contributed by atoms with E-state index >= 15 is 0 Å². The highest BCUT2D eigenvalue weighted by Crippen LogP contribution is 2.38. The number of rotatable bonds is 6. The summed E-state index contributed by atoms with van der Waals surface area (Å²) in [4.78, 5) is 15.1. The quantitative estimate of drug-likeness (QED) is 0.671. The van der Waals surface area contributed by atoms with Gasteiger partial charge >= 0.3 is 0 Å². The summed E-state index contributed by atoms with van der Waals surface area (Å²) >= 11 is 0. The SMILES string of the molecule is N#CCCNS(=O)(=O)c1ccc(C(=O)N2CCC[C@H]2c2ccc3c(c2)OCCCO3)cc1. The van der Waals surface area contributed by atoms with Crippen LogP contribution in [0.3, 0.4) is 0 Å². The van der Waals surface area contributed by atoms with Crippen LogP contribution >= 0.6 is 0 Å². The number of nitrogens with one attached hydrogen (secondary N) is 1. The first-order valence-electron chi connectivity index (χ1n) is 10.7. The van der Waals surface area contributed by atoms with Crippen LogP contribution in [0.25, 0.3) is 0 Å². The fourth-order valence-electron chi connectivity index (χ4n) is 4.01. The molecule has 8 nitrogen and oxygen atoms in total. The van der Waals surface area contributed by atoms with Gasteiger partial charge in [-0.05, 0) is 54.8 Å². The van der Waals surface area contributed by atoms with E-state index in [1.807, 2.05) is 29.2 Å². The molecule has 2 aliphatic heterocycles. The Labute approximate surface area is 187 Å². The van der Waals surface area contributed by atoms with Gasteiger partial charge in [-0.1, -0.05) is 6.07 Å². The Morgan fingerprint density at radius 1 is 1.09 bits per heavy atom. The summed E-state index contributed by atoms with van der Waals surface area (Å²) < 4.78 is 38.4. The lowest BCUT2D eigenvalue weighted by Crippen LogP contribution is -2.30. The van der Waals surface area contributed by atoms with Crippen LogP contribution in [-0.4, -0.2) is 45.5 Å². The molecular formula is C23H25N3O5S. The first kappa shape index (κ1) is 22.1. The smallest absolute Gasteiger partial charge is 0.254 e. The third-order valence-electron chi connectivity index (χ3n) is 5.61. The van der Waals surface area contributed by atoms with E-state index < -0.39 is 10.0 Å². The number of likely N-dealkylation sites (tertiary alicyclic amines) is 1. The molecule has 2 aromatic rings. The Morgan fingerprint density at radius 3 is 2.59 bits per heavy atom. The number of carbonyl (C=O) groups excluding carboxylic acids is 1. The molecule has 0 radical (unpaired) electrons. The Hall–Kier alpha value is -3.09. The van der Waals surface area contributed by atoms with E-state index in [4.69, 9.17) is 14.7 Å². The molecule has 0 saturated carbocycles. The van der Waals surface area contributed by atoms with Crippen LogP contribution < -0.4 is 14.2 Å². The minimum Gasteiger partial charge on any atom is -0.490 e. The standard InChI is InChI=1S/C23H25N3O5S/c24-11-2-12-25-32(28,29)19-8-5-17(6-9-19)23(27)26-13-1-4-20(26)18-7-10-21-22(16-18)31-15-3-14-30-21/h5-10,16,20,25H,1-4,12-15H2/t20-/m0/s1. The van der Waals surface area contributed by atoms with E-state index in [-0.39, 0.29) is 29.8 Å². The molecule has 32 heavy (non-hydrogen) atoms. The molecule has 9 heteroatoms. The minimum absolute atomic E-state index is 0.0461. The molecule has 0 aliphatic carbocycles. The van der Waals surface area contributed by atoms with Gasteiger partial charge in [0.25, 0.3) is 5.91 Å². The molecule has 168 valence electrons. The molecule has 0 spiro atoms. The van der Waals surface area contributed by atoms with Crippen molar-refractivity contribution in [3.05, 3.63) is 53.6 Å². The molecule has 2 aromatic carbocycles. The number of hydrogen-bond acceptors (Lipinski definition) is 6. The maximum absolute atomic E-state index is 13.2. The van der Waals surface area contributed by atoms with Crippen molar-refractivity contribution in [2.45, 2.75) is 36.6 Å². The fraction of sp³-hybridized carbons (Fsp3) is 0.391. The zero-order valence-electron chi connectivity index (χ0n) is 17.6. The van der Waals surface area contributed by atoms with Crippen molar-refractivity contribution in [2.75, 3.05) is 26.3 Å². The van der Waals surface area contributed by atoms with Gasteiger partial charge in [-0.15, -0.1) is 0 Å². The normalized spacial score (nSPS) is 18.1. The number of carbonyl (C=O) groups is 1. The van der Waals surface area contributed by atoms with E-state index in [9.17, 15) is 13.2 Å². The summed E-state index contributed by atoms with van der Waals surface area (Å²) in [5, 5.41) is 8.57. The third-order valence-corrected chi connectivity index (χ3v) is 7.09. The van der Waals surface area contributed by atoms with Crippen LogP contribution in [0.15, 0.2) is 47.4 Å². The van der Waals surface area contributed by atoms with Crippen molar-refractivity contribution in [2.24, 2.45) is 0 Å². The van der Waals surface area contributed by atoms with E-state index in [0.29, 0.717) is 31.1 Å². The molecule has 2 heterocycles. The van der Waals surface area contributed by atoms with Gasteiger partial charge in [0, 0.05) is 31.5 Å². The number of nitriles is 1. The lowest BCUT2D eigenvalue weighted by atomic mass is 10.0. The molecule has 0 unspecified atom stereocenters. The zero-order chi connectivity index (χ0) is 22.6. The summed E-state index contributed by atoms with van der Waals surface area (Å²) in [7, 11) is -3.71. The first-order valence-corrected chi connectivity index (χ1v) is 12.1. The maximum atomic E-state index is 13.2. The summed E-state index contributed by atoms with van der Waals surface area (Å²) in [5.41, 5.74) is 1.43. The van der Waals surface area contributed by atoms with Gasteiger partial charge in [-0.2, -0.15) is 5.26 Å². The lowest BCUT2D eigenvalue weighted by molar-refractivity contribution is 0.0735. The lowest BCUT2D eigenvalue weighted by Gasteiger charge is -2.26. The van der Waals surface area contributed by atoms with E-state index in [0.717, 1.165) is 30.6 Å². The average molecular weight is 456 g/mol. The molecule has 1 atom stereocenters. The molecule has 1 amide bonds. The van der Waals surface area contributed by atoms with Crippen molar-refractivity contribution < 1.29 is 22.7 Å². The van der Waals surface area contributed by atoms with Crippen molar-refractivity contribution >= 4 is 15.9 Å². The molecule has 1 N–H and O–H groups in total. The molecule has 4 rings (SSSR count). The van der Waals surface area contributed by atoms with Gasteiger partial charge in [0.1, 0.15) is 0 Å². The van der Waals surface area contributed by atoms with E-state index in [1.165, 1.54) is 24.3 Å². The number of amides is 1. The van der Waals surface area contributed by atoms with Crippen LogP contribution in [0.5, 0.6) is 11.5 Å². The second-order valence-electron chi connectivity index (χ2n) is 7.74. The number of nitrogens with zero attached hydrogens (tertiary/aromatic N) is 2. The highest BCUT2D eigenvalue weighted by Gasteiger charge is 2.31. The first-order chi connectivity index (χ1) is 15.5. The van der Waals surface area contributed by atoms with Crippen LogP contribution in [0.2, 0.25) is 0 Å². The Bertz CT molecular complexity index is 1130. The monoisotopic (exact) mass is 455 g/mol. The van der Waals surface area contributed by atoms with Crippen LogP contribution in [-0.2, 0) is 10.0 Å². The maximum Gasteiger partial charge on any atom is 0.254 e. The molecule has 0 aromatic heterocycles. The molecule has 2 aliphatic rings. The van der Waals surface area contributed by atoms with Crippen molar-refractivity contribution in [1.29, 1.82) is 5.26 Å². The highest BCUT2D eigenvalue weighted by atomic mass is 32.2. The fourth-order valence-corrected chi connectivity index (χ4v) is 5.04.